The number of ether oxygens (including phenoxy) is 1. The number of hydrogen-bond donors (Lipinski definition) is 1. The Morgan fingerprint density at radius 3 is 2.82 bits per heavy atom. The summed E-state index contributed by atoms with van der Waals surface area (Å²) in [5.41, 5.74) is 5.50. The lowest BCUT2D eigenvalue weighted by Gasteiger charge is -2.09. The summed E-state index contributed by atoms with van der Waals surface area (Å²) < 4.78 is 6.47. The Hall–Kier alpha value is -2.14. The summed E-state index contributed by atoms with van der Waals surface area (Å²) >= 11 is 3.38. The molecule has 0 aromatic heterocycles. The van der Waals surface area contributed by atoms with Crippen LogP contribution in [0, 0.1) is 13.8 Å². The van der Waals surface area contributed by atoms with Crippen LogP contribution in [0.2, 0.25) is 0 Å². The van der Waals surface area contributed by atoms with E-state index in [4.69, 9.17) is 4.74 Å². The van der Waals surface area contributed by atoms with Gasteiger partial charge < -0.3 is 4.74 Å². The molecule has 0 aliphatic heterocycles. The van der Waals surface area contributed by atoms with E-state index >= 15 is 0 Å². The summed E-state index contributed by atoms with van der Waals surface area (Å²) in [5.74, 6) is 0.415. The van der Waals surface area contributed by atoms with E-state index in [-0.39, 0.29) is 12.5 Å². The number of benzene rings is 2. The number of hydrazone groups is 1. The van der Waals surface area contributed by atoms with Crippen molar-refractivity contribution < 1.29 is 9.53 Å². The fraction of sp³-hybridized carbons (Fsp3) is 0.176. The van der Waals surface area contributed by atoms with E-state index in [1.165, 1.54) is 0 Å². The minimum absolute atomic E-state index is 0.0693. The second-order valence-electron chi connectivity index (χ2n) is 4.83. The van der Waals surface area contributed by atoms with E-state index in [1.54, 1.807) is 6.21 Å². The summed E-state index contributed by atoms with van der Waals surface area (Å²) in [4.78, 5) is 11.7. The lowest BCUT2D eigenvalue weighted by molar-refractivity contribution is -0.123. The van der Waals surface area contributed by atoms with Gasteiger partial charge in [0.2, 0.25) is 0 Å². The van der Waals surface area contributed by atoms with Gasteiger partial charge in [0.15, 0.2) is 6.61 Å². The molecule has 0 aliphatic carbocycles. The van der Waals surface area contributed by atoms with Crippen LogP contribution in [-0.4, -0.2) is 18.7 Å². The van der Waals surface area contributed by atoms with Gasteiger partial charge in [-0.1, -0.05) is 40.2 Å². The van der Waals surface area contributed by atoms with Crippen molar-refractivity contribution in [3.8, 4) is 5.75 Å². The highest BCUT2D eigenvalue weighted by Crippen LogP contribution is 2.20. The Kier molecular flexibility index (Phi) is 5.72. The highest BCUT2D eigenvalue weighted by atomic mass is 79.9. The minimum Gasteiger partial charge on any atom is -0.483 e. The van der Waals surface area contributed by atoms with Crippen molar-refractivity contribution in [1.82, 2.24) is 5.43 Å². The molecule has 0 bridgehead atoms. The number of hydrogen-bond acceptors (Lipinski definition) is 3. The highest BCUT2D eigenvalue weighted by Gasteiger charge is 2.05. The van der Waals surface area contributed by atoms with Crippen LogP contribution in [0.3, 0.4) is 0 Å². The zero-order valence-electron chi connectivity index (χ0n) is 12.5. The van der Waals surface area contributed by atoms with Crippen molar-refractivity contribution in [3.63, 3.8) is 0 Å². The molecule has 2 aromatic carbocycles. The molecule has 0 saturated heterocycles. The molecule has 0 unspecified atom stereocenters. The van der Waals surface area contributed by atoms with Gasteiger partial charge in [-0.3, -0.25) is 4.79 Å². The standard InChI is InChI=1S/C17H17BrN2O2/c1-12-5-3-8-16(13(12)2)22-11-17(21)20-19-10-14-6-4-7-15(18)9-14/h3-10H,11H2,1-2H3,(H,20,21)/b19-10-. The van der Waals surface area contributed by atoms with Gasteiger partial charge in [-0.25, -0.2) is 5.43 Å². The predicted molar refractivity (Wildman–Crippen MR) is 91.3 cm³/mol. The number of halogens is 1. The van der Waals surface area contributed by atoms with Crippen LogP contribution in [0.15, 0.2) is 52.0 Å². The lowest BCUT2D eigenvalue weighted by Crippen LogP contribution is -2.24. The molecule has 4 nitrogen and oxygen atoms in total. The van der Waals surface area contributed by atoms with Crippen LogP contribution in [0.5, 0.6) is 5.75 Å². The number of carbonyl (C=O) groups is 1. The topological polar surface area (TPSA) is 50.7 Å². The number of rotatable bonds is 5. The fourth-order valence-electron chi connectivity index (χ4n) is 1.82. The molecule has 0 fully saturated rings. The number of amides is 1. The van der Waals surface area contributed by atoms with Gasteiger partial charge in [0.1, 0.15) is 5.75 Å². The van der Waals surface area contributed by atoms with Crippen molar-refractivity contribution in [3.05, 3.63) is 63.6 Å². The molecule has 114 valence electrons. The molecule has 2 rings (SSSR count). The summed E-state index contributed by atoms with van der Waals surface area (Å²) in [6, 6.07) is 13.4. The molecule has 0 saturated carbocycles. The maximum atomic E-state index is 11.7. The van der Waals surface area contributed by atoms with Gasteiger partial charge in [-0.15, -0.1) is 0 Å². The van der Waals surface area contributed by atoms with Gasteiger partial charge in [0.25, 0.3) is 5.91 Å². The second-order valence-corrected chi connectivity index (χ2v) is 5.75. The Labute approximate surface area is 138 Å². The van der Waals surface area contributed by atoms with Crippen molar-refractivity contribution in [2.45, 2.75) is 13.8 Å². The van der Waals surface area contributed by atoms with E-state index in [0.717, 1.165) is 21.2 Å². The van der Waals surface area contributed by atoms with E-state index in [2.05, 4.69) is 26.5 Å². The summed E-state index contributed by atoms with van der Waals surface area (Å²) in [5, 5.41) is 3.91. The first kappa shape index (κ1) is 16.2. The molecule has 1 amide bonds. The molecule has 22 heavy (non-hydrogen) atoms. The zero-order chi connectivity index (χ0) is 15.9. The maximum absolute atomic E-state index is 11.7. The van der Waals surface area contributed by atoms with Crippen LogP contribution in [-0.2, 0) is 4.79 Å². The van der Waals surface area contributed by atoms with Crippen LogP contribution in [0.1, 0.15) is 16.7 Å². The Bertz CT molecular complexity index is 699. The SMILES string of the molecule is Cc1cccc(OCC(=O)N/N=C\c2cccc(Br)c2)c1C. The monoisotopic (exact) mass is 360 g/mol. The smallest absolute Gasteiger partial charge is 0.277 e. The molecular weight excluding hydrogens is 344 g/mol. The molecular formula is C17H17BrN2O2. The summed E-state index contributed by atoms with van der Waals surface area (Å²) in [6.07, 6.45) is 1.58. The number of nitrogens with zero attached hydrogens (tertiary/aromatic N) is 1. The first-order valence-corrected chi connectivity index (χ1v) is 7.62. The average molecular weight is 361 g/mol. The molecule has 0 atom stereocenters. The van der Waals surface area contributed by atoms with Crippen LogP contribution in [0.4, 0.5) is 0 Å². The van der Waals surface area contributed by atoms with Crippen LogP contribution < -0.4 is 10.2 Å². The van der Waals surface area contributed by atoms with Gasteiger partial charge in [-0.2, -0.15) is 5.10 Å². The largest absolute Gasteiger partial charge is 0.483 e. The Balaban J connectivity index is 1.84. The predicted octanol–water partition coefficient (Wildman–Crippen LogP) is 3.60. The summed E-state index contributed by atoms with van der Waals surface area (Å²) in [6.45, 7) is 3.90. The third kappa shape index (κ3) is 4.70. The van der Waals surface area contributed by atoms with Gasteiger partial charge in [0, 0.05) is 4.47 Å². The Morgan fingerprint density at radius 1 is 1.27 bits per heavy atom. The maximum Gasteiger partial charge on any atom is 0.277 e. The molecule has 0 spiro atoms. The van der Waals surface area contributed by atoms with E-state index in [1.807, 2.05) is 56.3 Å². The first-order chi connectivity index (χ1) is 10.6. The number of aryl methyl sites for hydroxylation is 1. The first-order valence-electron chi connectivity index (χ1n) is 6.83. The summed E-state index contributed by atoms with van der Waals surface area (Å²) in [7, 11) is 0. The van der Waals surface area contributed by atoms with Crippen molar-refractivity contribution in [2.24, 2.45) is 5.10 Å². The van der Waals surface area contributed by atoms with E-state index < -0.39 is 0 Å². The molecule has 0 radical (unpaired) electrons. The lowest BCUT2D eigenvalue weighted by atomic mass is 10.1. The molecule has 0 aliphatic rings. The fourth-order valence-corrected chi connectivity index (χ4v) is 2.24. The molecule has 0 heterocycles. The quantitative estimate of drug-likeness (QED) is 0.654. The van der Waals surface area contributed by atoms with Gasteiger partial charge >= 0.3 is 0 Å². The van der Waals surface area contributed by atoms with Crippen molar-refractivity contribution in [2.75, 3.05) is 6.61 Å². The minimum atomic E-state index is -0.299. The van der Waals surface area contributed by atoms with E-state index in [0.29, 0.717) is 5.75 Å². The van der Waals surface area contributed by atoms with Crippen molar-refractivity contribution in [1.29, 1.82) is 0 Å². The number of nitrogens with one attached hydrogen (secondary N) is 1. The van der Waals surface area contributed by atoms with Crippen molar-refractivity contribution >= 4 is 28.1 Å². The highest BCUT2D eigenvalue weighted by molar-refractivity contribution is 9.10. The average Bonchev–Trinajstić information content (AvgIpc) is 2.49. The second kappa shape index (κ2) is 7.75. The Morgan fingerprint density at radius 2 is 2.05 bits per heavy atom. The molecule has 1 N–H and O–H groups in total. The van der Waals surface area contributed by atoms with E-state index in [9.17, 15) is 4.79 Å². The molecule has 2 aromatic rings. The van der Waals surface area contributed by atoms with Gasteiger partial charge in [0.05, 0.1) is 6.21 Å². The van der Waals surface area contributed by atoms with Crippen LogP contribution in [0.25, 0.3) is 0 Å². The number of carbonyl (C=O) groups excluding carboxylic acids is 1. The van der Waals surface area contributed by atoms with Gasteiger partial charge in [-0.05, 0) is 48.7 Å². The normalized spacial score (nSPS) is 10.7. The zero-order valence-corrected chi connectivity index (χ0v) is 14.1. The third-order valence-corrected chi connectivity index (χ3v) is 3.66. The molecule has 5 heteroatoms. The third-order valence-electron chi connectivity index (χ3n) is 3.17. The van der Waals surface area contributed by atoms with Crippen LogP contribution >= 0.6 is 15.9 Å².